The average Bonchev–Trinajstić information content (AvgIpc) is 3.17. The van der Waals surface area contributed by atoms with Gasteiger partial charge in [-0.15, -0.1) is 0 Å². The van der Waals surface area contributed by atoms with Gasteiger partial charge in [-0.2, -0.15) is 5.10 Å². The van der Waals surface area contributed by atoms with Crippen molar-refractivity contribution >= 4 is 17.0 Å². The summed E-state index contributed by atoms with van der Waals surface area (Å²) in [5, 5.41) is 17.1. The van der Waals surface area contributed by atoms with Crippen molar-refractivity contribution < 1.29 is 23.8 Å². The summed E-state index contributed by atoms with van der Waals surface area (Å²) in [4.78, 5) is 16.5. The van der Waals surface area contributed by atoms with E-state index in [0.717, 1.165) is 0 Å². The number of ether oxygens (including phenoxy) is 2. The SMILES string of the molecule is COc1ccc(-c2cc(C(=O)O)c3c(-c4ccc(F)cc4)[nH]nc3n2)cc1OC. The maximum Gasteiger partial charge on any atom is 0.336 e. The number of benzene rings is 2. The Kier molecular flexibility index (Phi) is 4.59. The van der Waals surface area contributed by atoms with E-state index in [9.17, 15) is 14.3 Å². The molecule has 0 fully saturated rings. The van der Waals surface area contributed by atoms with Gasteiger partial charge >= 0.3 is 5.97 Å². The molecule has 8 heteroatoms. The van der Waals surface area contributed by atoms with Crippen LogP contribution in [0.1, 0.15) is 10.4 Å². The standard InChI is InChI=1S/C21H16FN3O4/c1-28-16-8-5-12(9-17(16)29-2)15-10-14(21(26)27)18-19(24-25-20(18)23-15)11-3-6-13(22)7-4-11/h3-10H,1-2H3,(H,26,27)(H,23,24,25). The molecular formula is C21H16FN3O4. The zero-order valence-corrected chi connectivity index (χ0v) is 15.6. The van der Waals surface area contributed by atoms with Gasteiger partial charge in [0.2, 0.25) is 0 Å². The van der Waals surface area contributed by atoms with Gasteiger partial charge in [-0.05, 0) is 48.5 Å². The number of H-pyrrole nitrogens is 1. The van der Waals surface area contributed by atoms with Crippen molar-refractivity contribution in [1.82, 2.24) is 15.2 Å². The predicted octanol–water partition coefficient (Wildman–Crippen LogP) is 4.15. The Morgan fingerprint density at radius 2 is 1.69 bits per heavy atom. The van der Waals surface area contributed by atoms with E-state index in [-0.39, 0.29) is 17.0 Å². The first-order valence-corrected chi connectivity index (χ1v) is 8.62. The zero-order chi connectivity index (χ0) is 20.5. The lowest BCUT2D eigenvalue weighted by Crippen LogP contribution is -2.00. The van der Waals surface area contributed by atoms with E-state index in [1.807, 2.05) is 0 Å². The van der Waals surface area contributed by atoms with Crippen LogP contribution in [0.5, 0.6) is 11.5 Å². The lowest BCUT2D eigenvalue weighted by molar-refractivity contribution is 0.0699. The third-order valence-corrected chi connectivity index (χ3v) is 4.57. The summed E-state index contributed by atoms with van der Waals surface area (Å²) in [5.41, 5.74) is 2.43. The minimum Gasteiger partial charge on any atom is -0.493 e. The van der Waals surface area contributed by atoms with Gasteiger partial charge in [0.15, 0.2) is 17.1 Å². The van der Waals surface area contributed by atoms with E-state index in [4.69, 9.17) is 9.47 Å². The van der Waals surface area contributed by atoms with Gasteiger partial charge in [-0.25, -0.2) is 14.2 Å². The average molecular weight is 393 g/mol. The maximum absolute atomic E-state index is 13.3. The molecular weight excluding hydrogens is 377 g/mol. The van der Waals surface area contributed by atoms with Crippen LogP contribution in [0.2, 0.25) is 0 Å². The smallest absolute Gasteiger partial charge is 0.336 e. The molecule has 0 aliphatic carbocycles. The van der Waals surface area contributed by atoms with Gasteiger partial charge in [0.05, 0.1) is 36.6 Å². The van der Waals surface area contributed by atoms with Crippen LogP contribution in [0.3, 0.4) is 0 Å². The highest BCUT2D eigenvalue weighted by Crippen LogP contribution is 2.35. The number of hydrogen-bond donors (Lipinski definition) is 2. The van der Waals surface area contributed by atoms with Crippen molar-refractivity contribution in [3.63, 3.8) is 0 Å². The molecule has 2 aromatic carbocycles. The van der Waals surface area contributed by atoms with Crippen LogP contribution in [-0.4, -0.2) is 40.5 Å². The van der Waals surface area contributed by atoms with Crippen LogP contribution >= 0.6 is 0 Å². The minimum absolute atomic E-state index is 0.0351. The molecule has 0 unspecified atom stereocenters. The molecule has 0 atom stereocenters. The number of nitrogens with one attached hydrogen (secondary N) is 1. The predicted molar refractivity (Wildman–Crippen MR) is 105 cm³/mol. The number of fused-ring (bicyclic) bond motifs is 1. The fourth-order valence-corrected chi connectivity index (χ4v) is 3.16. The molecule has 0 spiro atoms. The number of aromatic carboxylic acids is 1. The largest absolute Gasteiger partial charge is 0.493 e. The second-order valence-corrected chi connectivity index (χ2v) is 6.23. The zero-order valence-electron chi connectivity index (χ0n) is 15.6. The summed E-state index contributed by atoms with van der Waals surface area (Å²) in [6, 6.07) is 12.4. The molecule has 7 nitrogen and oxygen atoms in total. The van der Waals surface area contributed by atoms with Gasteiger partial charge in [0.1, 0.15) is 5.82 Å². The fourth-order valence-electron chi connectivity index (χ4n) is 3.16. The van der Waals surface area contributed by atoms with Crippen LogP contribution in [0.25, 0.3) is 33.5 Å². The third kappa shape index (κ3) is 3.25. The topological polar surface area (TPSA) is 97.3 Å². The molecule has 29 heavy (non-hydrogen) atoms. The summed E-state index contributed by atoms with van der Waals surface area (Å²) in [6.45, 7) is 0. The third-order valence-electron chi connectivity index (χ3n) is 4.57. The molecule has 2 N–H and O–H groups in total. The number of aromatic nitrogens is 3. The van der Waals surface area contributed by atoms with Crippen LogP contribution in [-0.2, 0) is 0 Å². The lowest BCUT2D eigenvalue weighted by atomic mass is 10.0. The number of pyridine rings is 1. The normalized spacial score (nSPS) is 10.9. The summed E-state index contributed by atoms with van der Waals surface area (Å²) in [6.07, 6.45) is 0. The molecule has 4 aromatic rings. The van der Waals surface area contributed by atoms with Crippen LogP contribution in [0.15, 0.2) is 48.5 Å². The first-order valence-electron chi connectivity index (χ1n) is 8.62. The number of carboxylic acid groups (broad SMARTS) is 1. The Labute approximate surface area is 164 Å². The number of aromatic amines is 1. The number of halogens is 1. The van der Waals surface area contributed by atoms with Gasteiger partial charge in [0.25, 0.3) is 0 Å². The van der Waals surface area contributed by atoms with E-state index in [1.54, 1.807) is 30.3 Å². The summed E-state index contributed by atoms with van der Waals surface area (Å²) in [7, 11) is 3.05. The minimum atomic E-state index is -1.12. The number of hydrogen-bond acceptors (Lipinski definition) is 5. The number of methoxy groups -OCH3 is 2. The molecule has 2 aromatic heterocycles. The summed E-state index contributed by atoms with van der Waals surface area (Å²) < 4.78 is 23.8. The Morgan fingerprint density at radius 3 is 2.34 bits per heavy atom. The van der Waals surface area contributed by atoms with Gasteiger partial charge < -0.3 is 14.6 Å². The van der Waals surface area contributed by atoms with Gasteiger partial charge in [-0.3, -0.25) is 5.10 Å². The molecule has 0 saturated carbocycles. The number of carbonyl (C=O) groups is 1. The number of rotatable bonds is 5. The van der Waals surface area contributed by atoms with Crippen LogP contribution in [0, 0.1) is 5.82 Å². The highest BCUT2D eigenvalue weighted by molar-refractivity contribution is 6.08. The Bertz CT molecular complexity index is 1220. The van der Waals surface area contributed by atoms with Crippen molar-refractivity contribution in [2.45, 2.75) is 0 Å². The number of nitrogens with zero attached hydrogens (tertiary/aromatic N) is 2. The summed E-state index contributed by atoms with van der Waals surface area (Å²) in [5.74, 6) is -0.458. The van der Waals surface area contributed by atoms with Crippen LogP contribution < -0.4 is 9.47 Å². The second-order valence-electron chi connectivity index (χ2n) is 6.23. The van der Waals surface area contributed by atoms with Gasteiger partial charge in [0, 0.05) is 11.1 Å². The van der Waals surface area contributed by atoms with Gasteiger partial charge in [-0.1, -0.05) is 0 Å². The lowest BCUT2D eigenvalue weighted by Gasteiger charge is -2.10. The number of carboxylic acids is 1. The summed E-state index contributed by atoms with van der Waals surface area (Å²) >= 11 is 0. The first-order chi connectivity index (χ1) is 14.0. The van der Waals surface area contributed by atoms with E-state index in [0.29, 0.717) is 39.4 Å². The molecule has 0 saturated heterocycles. The van der Waals surface area contributed by atoms with E-state index in [1.165, 1.54) is 32.4 Å². The first kappa shape index (κ1) is 18.4. The molecule has 0 bridgehead atoms. The van der Waals surface area contributed by atoms with E-state index in [2.05, 4.69) is 15.2 Å². The van der Waals surface area contributed by atoms with E-state index >= 15 is 0 Å². The molecule has 0 aliphatic rings. The second kappa shape index (κ2) is 7.23. The molecule has 0 amide bonds. The maximum atomic E-state index is 13.3. The molecule has 2 heterocycles. The quantitative estimate of drug-likeness (QED) is 0.529. The van der Waals surface area contributed by atoms with Crippen molar-refractivity contribution in [3.8, 4) is 34.0 Å². The highest BCUT2D eigenvalue weighted by atomic mass is 19.1. The molecule has 4 rings (SSSR count). The highest BCUT2D eigenvalue weighted by Gasteiger charge is 2.20. The van der Waals surface area contributed by atoms with Crippen LogP contribution in [0.4, 0.5) is 4.39 Å². The Hall–Kier alpha value is -3.94. The van der Waals surface area contributed by atoms with Crippen molar-refractivity contribution in [2.24, 2.45) is 0 Å². The van der Waals surface area contributed by atoms with Crippen molar-refractivity contribution in [1.29, 1.82) is 0 Å². The van der Waals surface area contributed by atoms with Crippen molar-refractivity contribution in [3.05, 3.63) is 59.9 Å². The molecule has 146 valence electrons. The fraction of sp³-hybridized carbons (Fsp3) is 0.0952. The molecule has 0 radical (unpaired) electrons. The van der Waals surface area contributed by atoms with E-state index < -0.39 is 5.97 Å². The Morgan fingerprint density at radius 1 is 1.00 bits per heavy atom. The monoisotopic (exact) mass is 393 g/mol. The van der Waals surface area contributed by atoms with Crippen molar-refractivity contribution in [2.75, 3.05) is 14.2 Å². The molecule has 0 aliphatic heterocycles. The Balaban J connectivity index is 1.91.